The van der Waals surface area contributed by atoms with Crippen molar-refractivity contribution in [1.82, 2.24) is 9.47 Å². The Morgan fingerprint density at radius 1 is 1.07 bits per heavy atom. The maximum Gasteiger partial charge on any atom is 0.270 e. The number of aromatic nitrogens is 1. The van der Waals surface area contributed by atoms with Gasteiger partial charge in [-0.25, -0.2) is 0 Å². The first-order valence-electron chi connectivity index (χ1n) is 14.7. The summed E-state index contributed by atoms with van der Waals surface area (Å²) in [6, 6.07) is 20.5. The Labute approximate surface area is 262 Å². The quantitative estimate of drug-likeness (QED) is 0.218. The Morgan fingerprint density at radius 2 is 1.77 bits per heavy atom. The fraction of sp³-hybridized carbons (Fsp3) is 0.353. The van der Waals surface area contributed by atoms with Gasteiger partial charge in [0.25, 0.3) is 11.5 Å². The molecule has 2 aliphatic heterocycles. The first-order chi connectivity index (χ1) is 20.8. The standard InChI is InChI=1S/C34H36N4O3S2/c1-4-37-31(36-17-14-26(15-18-36)20-25-8-6-5-7-9-25)28(23(2)29(22-35)32(37)39)21-30-33(40)38(34(42)43-30)19-16-24-10-12-27(41-3)13-11-24/h5-13,21,26H,4,14-20H2,1-3H3. The number of nitriles is 1. The van der Waals surface area contributed by atoms with Crippen LogP contribution >= 0.6 is 24.0 Å². The van der Waals surface area contributed by atoms with Gasteiger partial charge in [-0.05, 0) is 80.3 Å². The molecule has 2 aromatic carbocycles. The van der Waals surface area contributed by atoms with Crippen LogP contribution in [0.2, 0.25) is 0 Å². The molecule has 9 heteroatoms. The van der Waals surface area contributed by atoms with Gasteiger partial charge in [0.1, 0.15) is 27.5 Å². The summed E-state index contributed by atoms with van der Waals surface area (Å²) in [5, 5.41) is 9.92. The number of amides is 1. The molecule has 0 aliphatic carbocycles. The van der Waals surface area contributed by atoms with Gasteiger partial charge < -0.3 is 9.64 Å². The summed E-state index contributed by atoms with van der Waals surface area (Å²) in [4.78, 5) is 31.4. The van der Waals surface area contributed by atoms with Crippen LogP contribution in [0.25, 0.3) is 6.08 Å². The van der Waals surface area contributed by atoms with E-state index in [0.717, 1.165) is 55.0 Å². The van der Waals surface area contributed by atoms with E-state index in [-0.39, 0.29) is 17.0 Å². The number of hydrogen-bond donors (Lipinski definition) is 0. The second-order valence-corrected chi connectivity index (χ2v) is 12.6. The van der Waals surface area contributed by atoms with Crippen LogP contribution in [0, 0.1) is 24.2 Å². The minimum absolute atomic E-state index is 0.116. The lowest BCUT2D eigenvalue weighted by Crippen LogP contribution is -2.39. The zero-order valence-corrected chi connectivity index (χ0v) is 26.5. The van der Waals surface area contributed by atoms with E-state index in [1.165, 1.54) is 17.3 Å². The highest BCUT2D eigenvalue weighted by Gasteiger charge is 2.33. The molecule has 2 saturated heterocycles. The second-order valence-electron chi connectivity index (χ2n) is 11.0. The van der Waals surface area contributed by atoms with Gasteiger partial charge in [-0.15, -0.1) is 0 Å². The minimum Gasteiger partial charge on any atom is -0.497 e. The number of ether oxygens (including phenoxy) is 1. The summed E-state index contributed by atoms with van der Waals surface area (Å²) < 4.78 is 7.45. The number of rotatable bonds is 9. The molecule has 3 aromatic rings. The third-order valence-electron chi connectivity index (χ3n) is 8.38. The van der Waals surface area contributed by atoms with E-state index in [4.69, 9.17) is 17.0 Å². The molecule has 2 aliphatic rings. The van der Waals surface area contributed by atoms with E-state index in [1.807, 2.05) is 50.3 Å². The van der Waals surface area contributed by atoms with Crippen LogP contribution in [0.5, 0.6) is 5.75 Å². The van der Waals surface area contributed by atoms with Crippen LogP contribution in [0.4, 0.5) is 5.82 Å². The Morgan fingerprint density at radius 3 is 2.40 bits per heavy atom. The number of benzene rings is 2. The molecule has 7 nitrogen and oxygen atoms in total. The van der Waals surface area contributed by atoms with Gasteiger partial charge in [-0.2, -0.15) is 5.26 Å². The van der Waals surface area contributed by atoms with Gasteiger partial charge in [0.15, 0.2) is 0 Å². The van der Waals surface area contributed by atoms with Crippen molar-refractivity contribution in [1.29, 1.82) is 5.26 Å². The summed E-state index contributed by atoms with van der Waals surface area (Å²) in [7, 11) is 1.63. The van der Waals surface area contributed by atoms with Gasteiger partial charge in [0.2, 0.25) is 0 Å². The molecule has 1 aromatic heterocycles. The Balaban J connectivity index is 1.42. The highest BCUT2D eigenvalue weighted by molar-refractivity contribution is 8.26. The van der Waals surface area contributed by atoms with Crippen molar-refractivity contribution in [3.8, 4) is 11.8 Å². The molecule has 3 heterocycles. The molecule has 43 heavy (non-hydrogen) atoms. The molecule has 5 rings (SSSR count). The van der Waals surface area contributed by atoms with Crippen molar-refractivity contribution in [2.45, 2.75) is 46.1 Å². The number of thiocarbonyl (C=S) groups is 1. The van der Waals surface area contributed by atoms with E-state index in [1.54, 1.807) is 16.6 Å². The molecule has 1 amide bonds. The number of methoxy groups -OCH3 is 1. The predicted octanol–water partition coefficient (Wildman–Crippen LogP) is 5.96. The molecule has 0 atom stereocenters. The first kappa shape index (κ1) is 30.6. The van der Waals surface area contributed by atoms with Gasteiger partial charge >= 0.3 is 0 Å². The van der Waals surface area contributed by atoms with E-state index >= 15 is 0 Å². The molecular weight excluding hydrogens is 577 g/mol. The fourth-order valence-corrected chi connectivity index (χ4v) is 7.22. The van der Waals surface area contributed by atoms with E-state index in [9.17, 15) is 14.9 Å². The smallest absolute Gasteiger partial charge is 0.270 e. The number of nitrogens with zero attached hydrogens (tertiary/aromatic N) is 4. The molecule has 0 spiro atoms. The maximum atomic E-state index is 13.6. The lowest BCUT2D eigenvalue weighted by atomic mass is 9.90. The molecule has 0 saturated carbocycles. The number of carbonyl (C=O) groups excluding carboxylic acids is 1. The summed E-state index contributed by atoms with van der Waals surface area (Å²) in [5.74, 6) is 1.98. The largest absolute Gasteiger partial charge is 0.497 e. The number of hydrogen-bond acceptors (Lipinski definition) is 7. The van der Waals surface area contributed by atoms with Crippen LogP contribution < -0.4 is 15.2 Å². The van der Waals surface area contributed by atoms with Gasteiger partial charge in [-0.1, -0.05) is 66.4 Å². The number of anilines is 1. The third kappa shape index (κ3) is 6.56. The van der Waals surface area contributed by atoms with Crippen LogP contribution in [0.1, 0.15) is 47.6 Å². The molecule has 2 fully saturated rings. The zero-order valence-electron chi connectivity index (χ0n) is 24.8. The first-order valence-corrected chi connectivity index (χ1v) is 15.9. The average molecular weight is 613 g/mol. The highest BCUT2D eigenvalue weighted by atomic mass is 32.2. The molecular formula is C34H36N4O3S2. The monoisotopic (exact) mass is 612 g/mol. The van der Waals surface area contributed by atoms with E-state index < -0.39 is 0 Å². The fourth-order valence-electron chi connectivity index (χ4n) is 5.93. The highest BCUT2D eigenvalue weighted by Crippen LogP contribution is 2.37. The zero-order chi connectivity index (χ0) is 30.5. The second kappa shape index (κ2) is 13.6. The summed E-state index contributed by atoms with van der Waals surface area (Å²) in [6.07, 6.45) is 5.54. The van der Waals surface area contributed by atoms with E-state index in [0.29, 0.717) is 40.2 Å². The predicted molar refractivity (Wildman–Crippen MR) is 177 cm³/mol. The Bertz CT molecular complexity index is 1630. The number of piperidine rings is 1. The molecule has 222 valence electrons. The van der Waals surface area contributed by atoms with Crippen LogP contribution in [-0.2, 0) is 24.2 Å². The van der Waals surface area contributed by atoms with Crippen molar-refractivity contribution in [3.05, 3.63) is 97.7 Å². The Kier molecular flexibility index (Phi) is 9.69. The minimum atomic E-state index is -0.284. The Hall–Kier alpha value is -3.87. The lowest BCUT2D eigenvalue weighted by molar-refractivity contribution is -0.122. The molecule has 0 unspecified atom stereocenters. The summed E-state index contributed by atoms with van der Waals surface area (Å²) in [6.45, 7) is 6.22. The number of carbonyl (C=O) groups is 1. The van der Waals surface area contributed by atoms with Gasteiger partial charge in [-0.3, -0.25) is 19.1 Å². The lowest BCUT2D eigenvalue weighted by Gasteiger charge is -2.36. The summed E-state index contributed by atoms with van der Waals surface area (Å²) >= 11 is 6.91. The molecule has 0 bridgehead atoms. The molecule has 0 N–H and O–H groups in total. The number of pyridine rings is 1. The topological polar surface area (TPSA) is 78.6 Å². The van der Waals surface area contributed by atoms with Gasteiger partial charge in [0, 0.05) is 31.7 Å². The summed E-state index contributed by atoms with van der Waals surface area (Å²) in [5.41, 5.74) is 3.60. The molecule has 0 radical (unpaired) electrons. The maximum absolute atomic E-state index is 13.6. The van der Waals surface area contributed by atoms with Crippen molar-refractivity contribution in [3.63, 3.8) is 0 Å². The SMILES string of the molecule is CCn1c(N2CCC(Cc3ccccc3)CC2)c(C=C2SC(=S)N(CCc3ccc(OC)cc3)C2=O)c(C)c(C#N)c1=O. The average Bonchev–Trinajstić information content (AvgIpc) is 3.29. The van der Waals surface area contributed by atoms with Crippen molar-refractivity contribution < 1.29 is 9.53 Å². The van der Waals surface area contributed by atoms with Crippen LogP contribution in [0.3, 0.4) is 0 Å². The van der Waals surface area contributed by atoms with Crippen molar-refractivity contribution >= 4 is 46.1 Å². The van der Waals surface area contributed by atoms with Crippen molar-refractivity contribution in [2.75, 3.05) is 31.6 Å². The van der Waals surface area contributed by atoms with Gasteiger partial charge in [0.05, 0.1) is 12.0 Å². The normalized spacial score (nSPS) is 16.7. The van der Waals surface area contributed by atoms with E-state index in [2.05, 4.69) is 35.2 Å². The van der Waals surface area contributed by atoms with Crippen LogP contribution in [0.15, 0.2) is 64.3 Å². The van der Waals surface area contributed by atoms with Crippen LogP contribution in [-0.4, -0.2) is 46.4 Å². The number of thioether (sulfide) groups is 1. The van der Waals surface area contributed by atoms with Crippen molar-refractivity contribution in [2.24, 2.45) is 5.92 Å². The third-order valence-corrected chi connectivity index (χ3v) is 9.75.